The van der Waals surface area contributed by atoms with Gasteiger partial charge in [-0.15, -0.1) is 0 Å². The van der Waals surface area contributed by atoms with Crippen LogP contribution in [0.4, 0.5) is 5.13 Å². The largest absolute Gasteiger partial charge is 0.389 e. The van der Waals surface area contributed by atoms with Crippen molar-refractivity contribution in [3.63, 3.8) is 0 Å². The first-order valence-corrected chi connectivity index (χ1v) is 13.1. The van der Waals surface area contributed by atoms with Gasteiger partial charge < -0.3 is 9.57 Å². The van der Waals surface area contributed by atoms with Gasteiger partial charge >= 0.3 is 0 Å². The van der Waals surface area contributed by atoms with Crippen LogP contribution >= 0.6 is 11.3 Å². The molecular weight excluding hydrogens is 478 g/mol. The van der Waals surface area contributed by atoms with Crippen LogP contribution in [0.15, 0.2) is 59.0 Å². The smallest absolute Gasteiger partial charge is 0.280 e. The summed E-state index contributed by atoms with van der Waals surface area (Å²) in [5.41, 5.74) is 0.435. The van der Waals surface area contributed by atoms with E-state index in [9.17, 15) is 13.2 Å². The molecule has 3 heterocycles. The van der Waals surface area contributed by atoms with E-state index in [4.69, 9.17) is 9.57 Å². The monoisotopic (exact) mass is 499 g/mol. The second-order valence-electron chi connectivity index (χ2n) is 7.86. The molecule has 1 aromatic carbocycles. The quantitative estimate of drug-likeness (QED) is 0.369. The van der Waals surface area contributed by atoms with Crippen LogP contribution in [-0.2, 0) is 24.2 Å². The number of thiazole rings is 1. The molecule has 2 aliphatic rings. The van der Waals surface area contributed by atoms with Gasteiger partial charge in [-0.3, -0.25) is 10.1 Å². The summed E-state index contributed by atoms with van der Waals surface area (Å²) in [6, 6.07) is 7.84. The lowest BCUT2D eigenvalue weighted by molar-refractivity contribution is -0.110. The molecule has 3 aromatic rings. The van der Waals surface area contributed by atoms with Crippen molar-refractivity contribution in [2.24, 2.45) is 5.16 Å². The van der Waals surface area contributed by atoms with Crippen molar-refractivity contribution in [2.45, 2.75) is 35.5 Å². The highest BCUT2D eigenvalue weighted by Crippen LogP contribution is 2.33. The third-order valence-electron chi connectivity index (χ3n) is 5.33. The van der Waals surface area contributed by atoms with Crippen LogP contribution in [0.3, 0.4) is 0 Å². The van der Waals surface area contributed by atoms with E-state index in [1.165, 1.54) is 23.5 Å². The standard InChI is InChI=1S/C22H21N5O5S2/c28-21(26-22-25-12-18(33-22)20-23-9-1-10-24-20)19(27-32-15-8-11-31-13-15)14-2-4-16(5-3-14)34(29,30)17-6-7-17/h1-5,9-10,12,15,17H,6-8,11,13H2,(H,25,26,28)/b27-19+/t15-/m1/s1. The van der Waals surface area contributed by atoms with Gasteiger partial charge in [0.05, 0.1) is 34.4 Å². The highest BCUT2D eigenvalue weighted by Gasteiger charge is 2.36. The molecule has 1 amide bonds. The SMILES string of the molecule is O=C(Nc1ncc(-c2ncccn2)s1)/C(=N/O[C@@H]1CCOC1)c1ccc(S(=O)(=O)C2CC2)cc1. The van der Waals surface area contributed by atoms with E-state index in [1.807, 2.05) is 0 Å². The molecule has 1 aliphatic carbocycles. The lowest BCUT2D eigenvalue weighted by atomic mass is 10.1. The molecule has 2 fully saturated rings. The fourth-order valence-corrected chi connectivity index (χ4v) is 5.76. The van der Waals surface area contributed by atoms with Crippen molar-refractivity contribution in [3.05, 3.63) is 54.5 Å². The molecule has 34 heavy (non-hydrogen) atoms. The highest BCUT2D eigenvalue weighted by molar-refractivity contribution is 7.92. The van der Waals surface area contributed by atoms with Gasteiger partial charge in [-0.2, -0.15) is 0 Å². The summed E-state index contributed by atoms with van der Waals surface area (Å²) < 4.78 is 30.3. The van der Waals surface area contributed by atoms with E-state index >= 15 is 0 Å². The second-order valence-corrected chi connectivity index (χ2v) is 11.1. The summed E-state index contributed by atoms with van der Waals surface area (Å²) in [5.74, 6) is -0.0296. The van der Waals surface area contributed by atoms with Crippen molar-refractivity contribution in [1.82, 2.24) is 15.0 Å². The summed E-state index contributed by atoms with van der Waals surface area (Å²) in [7, 11) is -3.33. The molecule has 1 aliphatic heterocycles. The fourth-order valence-electron chi connectivity index (χ4n) is 3.34. The molecular formula is C22H21N5O5S2. The molecule has 0 unspecified atom stereocenters. The number of aromatic nitrogens is 3. The van der Waals surface area contributed by atoms with Gasteiger partial charge in [0.15, 0.2) is 32.6 Å². The Hall–Kier alpha value is -3.22. The number of amides is 1. The molecule has 2 aromatic heterocycles. The zero-order valence-corrected chi connectivity index (χ0v) is 19.6. The van der Waals surface area contributed by atoms with Crippen molar-refractivity contribution in [1.29, 1.82) is 0 Å². The Labute approximate surface area is 200 Å². The molecule has 0 spiro atoms. The number of hydrogen-bond acceptors (Lipinski definition) is 10. The van der Waals surface area contributed by atoms with Crippen LogP contribution in [0.1, 0.15) is 24.8 Å². The number of hydrogen-bond donors (Lipinski definition) is 1. The normalized spacial score (nSPS) is 18.6. The third kappa shape index (κ3) is 4.98. The molecule has 1 atom stereocenters. The Morgan fingerprint density at radius 2 is 1.88 bits per heavy atom. The Morgan fingerprint density at radius 1 is 1.12 bits per heavy atom. The number of carbonyl (C=O) groups excluding carboxylic acids is 1. The second kappa shape index (κ2) is 9.57. The van der Waals surface area contributed by atoms with Crippen LogP contribution < -0.4 is 5.32 Å². The van der Waals surface area contributed by atoms with Crippen LogP contribution in [0.2, 0.25) is 0 Å². The minimum absolute atomic E-state index is 0.00924. The summed E-state index contributed by atoms with van der Waals surface area (Å²) in [4.78, 5) is 32.2. The molecule has 1 saturated carbocycles. The highest BCUT2D eigenvalue weighted by atomic mass is 32.2. The summed E-state index contributed by atoms with van der Waals surface area (Å²) >= 11 is 1.22. The number of benzene rings is 1. The van der Waals surface area contributed by atoms with E-state index in [1.54, 1.807) is 36.8 Å². The summed E-state index contributed by atoms with van der Waals surface area (Å²) in [6.45, 7) is 0.961. The molecule has 1 saturated heterocycles. The van der Waals surface area contributed by atoms with Crippen molar-refractivity contribution >= 4 is 37.9 Å². The molecule has 1 N–H and O–H groups in total. The Morgan fingerprint density at radius 3 is 2.56 bits per heavy atom. The number of sulfone groups is 1. The van der Waals surface area contributed by atoms with E-state index in [2.05, 4.69) is 25.4 Å². The number of oxime groups is 1. The maximum atomic E-state index is 13.1. The minimum Gasteiger partial charge on any atom is -0.389 e. The topological polar surface area (TPSA) is 133 Å². The van der Waals surface area contributed by atoms with Crippen LogP contribution in [0.5, 0.6) is 0 Å². The Bertz CT molecular complexity index is 1300. The molecule has 12 heteroatoms. The Balaban J connectivity index is 1.38. The van der Waals surface area contributed by atoms with Crippen molar-refractivity contribution < 1.29 is 22.8 Å². The summed E-state index contributed by atoms with van der Waals surface area (Å²) in [5, 5.41) is 6.87. The van der Waals surface area contributed by atoms with E-state index < -0.39 is 15.7 Å². The third-order valence-corrected chi connectivity index (χ3v) is 8.51. The van der Waals surface area contributed by atoms with Gasteiger partial charge in [0, 0.05) is 24.4 Å². The van der Waals surface area contributed by atoms with E-state index in [-0.39, 0.29) is 22.0 Å². The lowest BCUT2D eigenvalue weighted by Crippen LogP contribution is -2.25. The van der Waals surface area contributed by atoms with Gasteiger partial charge in [-0.05, 0) is 31.0 Å². The zero-order valence-electron chi connectivity index (χ0n) is 18.0. The number of carbonyl (C=O) groups is 1. The molecule has 10 nitrogen and oxygen atoms in total. The van der Waals surface area contributed by atoms with E-state index in [0.29, 0.717) is 53.9 Å². The first-order chi connectivity index (χ1) is 16.5. The van der Waals surface area contributed by atoms with Gasteiger partial charge in [0.2, 0.25) is 0 Å². The molecule has 176 valence electrons. The van der Waals surface area contributed by atoms with Gasteiger partial charge in [-0.1, -0.05) is 28.6 Å². The van der Waals surface area contributed by atoms with Crippen LogP contribution in [-0.4, -0.2) is 59.6 Å². The molecule has 0 radical (unpaired) electrons. The van der Waals surface area contributed by atoms with Crippen molar-refractivity contribution in [2.75, 3.05) is 18.5 Å². The predicted molar refractivity (Wildman–Crippen MR) is 125 cm³/mol. The van der Waals surface area contributed by atoms with Gasteiger partial charge in [0.1, 0.15) is 0 Å². The predicted octanol–water partition coefficient (Wildman–Crippen LogP) is 2.68. The number of anilines is 1. The van der Waals surface area contributed by atoms with Crippen LogP contribution in [0.25, 0.3) is 10.7 Å². The minimum atomic E-state index is -3.33. The average Bonchev–Trinajstić information content (AvgIpc) is 3.41. The van der Waals surface area contributed by atoms with Gasteiger partial charge in [-0.25, -0.2) is 23.4 Å². The summed E-state index contributed by atoms with van der Waals surface area (Å²) in [6.07, 6.45) is 6.62. The van der Waals surface area contributed by atoms with E-state index in [0.717, 1.165) is 0 Å². The number of rotatable bonds is 8. The number of nitrogens with zero attached hydrogens (tertiary/aromatic N) is 4. The first-order valence-electron chi connectivity index (χ1n) is 10.7. The maximum absolute atomic E-state index is 13.1. The maximum Gasteiger partial charge on any atom is 0.280 e. The first kappa shape index (κ1) is 22.6. The average molecular weight is 500 g/mol. The molecule has 0 bridgehead atoms. The lowest BCUT2D eigenvalue weighted by Gasteiger charge is -2.10. The fraction of sp³-hybridized carbons (Fsp3) is 0.318. The number of ether oxygens (including phenoxy) is 1. The number of nitrogens with one attached hydrogen (secondary N) is 1. The molecule has 5 rings (SSSR count). The van der Waals surface area contributed by atoms with Crippen LogP contribution in [0, 0.1) is 0 Å². The zero-order chi connectivity index (χ0) is 23.5. The Kier molecular flexibility index (Phi) is 6.35. The van der Waals surface area contributed by atoms with Gasteiger partial charge in [0.25, 0.3) is 5.91 Å². The van der Waals surface area contributed by atoms with Crippen molar-refractivity contribution in [3.8, 4) is 10.7 Å².